The highest BCUT2D eigenvalue weighted by atomic mass is 32.2. The van der Waals surface area contributed by atoms with Gasteiger partial charge in [0.2, 0.25) is 10.0 Å². The lowest BCUT2D eigenvalue weighted by Crippen LogP contribution is -2.57. The Kier molecular flexibility index (Phi) is 6.34. The van der Waals surface area contributed by atoms with Gasteiger partial charge in [-0.15, -0.1) is 0 Å². The van der Waals surface area contributed by atoms with Gasteiger partial charge in [-0.25, -0.2) is 13.1 Å². The average Bonchev–Trinajstić information content (AvgIpc) is 2.57. The minimum Gasteiger partial charge on any atom is -0.383 e. The standard InChI is InChI=1S/C16H25N3O4S/c1-12-13(2)19(10-8-17-12)16(20)14-4-6-15(7-5-14)24(21,22)18-9-11-23-3/h4-7,12-13,17-18H,8-11H2,1-3H3. The molecule has 2 atom stereocenters. The van der Waals surface area contributed by atoms with E-state index >= 15 is 0 Å². The van der Waals surface area contributed by atoms with Crippen LogP contribution in [0.3, 0.4) is 0 Å². The van der Waals surface area contributed by atoms with Gasteiger partial charge in [-0.2, -0.15) is 0 Å². The number of piperazine rings is 1. The summed E-state index contributed by atoms with van der Waals surface area (Å²) in [7, 11) is -2.08. The molecule has 0 spiro atoms. The normalized spacial score (nSPS) is 21.7. The van der Waals surface area contributed by atoms with Crippen LogP contribution in [-0.2, 0) is 14.8 Å². The van der Waals surface area contributed by atoms with E-state index in [1.54, 1.807) is 12.1 Å². The summed E-state index contributed by atoms with van der Waals surface area (Å²) in [5.74, 6) is -0.0767. The number of hydrogen-bond donors (Lipinski definition) is 2. The molecule has 1 aliphatic rings. The Morgan fingerprint density at radius 2 is 2.00 bits per heavy atom. The smallest absolute Gasteiger partial charge is 0.254 e. The second-order valence-corrected chi connectivity index (χ2v) is 7.66. The molecule has 24 heavy (non-hydrogen) atoms. The number of rotatable bonds is 6. The molecule has 0 saturated carbocycles. The van der Waals surface area contributed by atoms with Gasteiger partial charge in [-0.1, -0.05) is 0 Å². The number of carbonyl (C=O) groups excluding carboxylic acids is 1. The van der Waals surface area contributed by atoms with Crippen LogP contribution in [0, 0.1) is 0 Å². The van der Waals surface area contributed by atoms with E-state index in [1.165, 1.54) is 19.2 Å². The van der Waals surface area contributed by atoms with Gasteiger partial charge in [0.15, 0.2) is 0 Å². The van der Waals surface area contributed by atoms with Crippen molar-refractivity contribution in [2.45, 2.75) is 30.8 Å². The third-order valence-electron chi connectivity index (χ3n) is 4.30. The van der Waals surface area contributed by atoms with Crippen LogP contribution >= 0.6 is 0 Å². The predicted octanol–water partition coefficient (Wildman–Crippen LogP) is 0.434. The number of amides is 1. The topological polar surface area (TPSA) is 87.7 Å². The lowest BCUT2D eigenvalue weighted by molar-refractivity contribution is 0.0603. The van der Waals surface area contributed by atoms with Gasteiger partial charge in [0.05, 0.1) is 11.5 Å². The van der Waals surface area contributed by atoms with Crippen molar-refractivity contribution in [2.24, 2.45) is 0 Å². The highest BCUT2D eigenvalue weighted by Gasteiger charge is 2.28. The molecule has 1 saturated heterocycles. The number of ether oxygens (including phenoxy) is 1. The molecule has 134 valence electrons. The molecule has 0 bridgehead atoms. The minimum atomic E-state index is -3.58. The first-order valence-corrected chi connectivity index (χ1v) is 9.48. The van der Waals surface area contributed by atoms with Gasteiger partial charge < -0.3 is 15.0 Å². The first-order chi connectivity index (χ1) is 11.4. The quantitative estimate of drug-likeness (QED) is 0.723. The molecular formula is C16H25N3O4S. The van der Waals surface area contributed by atoms with Crippen molar-refractivity contribution >= 4 is 15.9 Å². The van der Waals surface area contributed by atoms with Crippen LogP contribution in [0.2, 0.25) is 0 Å². The van der Waals surface area contributed by atoms with Crippen molar-refractivity contribution in [1.82, 2.24) is 14.9 Å². The fraction of sp³-hybridized carbons (Fsp3) is 0.562. The number of hydrogen-bond acceptors (Lipinski definition) is 5. The molecule has 1 aromatic rings. The van der Waals surface area contributed by atoms with Crippen LogP contribution in [0.15, 0.2) is 29.2 Å². The summed E-state index contributed by atoms with van der Waals surface area (Å²) in [5, 5.41) is 3.33. The lowest BCUT2D eigenvalue weighted by atomic mass is 10.1. The van der Waals surface area contributed by atoms with E-state index in [1.807, 2.05) is 18.7 Å². The second-order valence-electron chi connectivity index (χ2n) is 5.90. The van der Waals surface area contributed by atoms with E-state index in [0.29, 0.717) is 18.7 Å². The van der Waals surface area contributed by atoms with Gasteiger partial charge in [0, 0.05) is 44.4 Å². The summed E-state index contributed by atoms with van der Waals surface area (Å²) < 4.78 is 31.5. The molecule has 1 aromatic carbocycles. The molecule has 0 radical (unpaired) electrons. The molecule has 2 unspecified atom stereocenters. The molecule has 1 fully saturated rings. The average molecular weight is 355 g/mol. The lowest BCUT2D eigenvalue weighted by Gasteiger charge is -2.38. The Hall–Kier alpha value is -1.48. The van der Waals surface area contributed by atoms with Crippen molar-refractivity contribution < 1.29 is 17.9 Å². The van der Waals surface area contributed by atoms with Crippen molar-refractivity contribution in [1.29, 1.82) is 0 Å². The number of carbonyl (C=O) groups is 1. The fourth-order valence-corrected chi connectivity index (χ4v) is 3.66. The SMILES string of the molecule is COCCNS(=O)(=O)c1ccc(C(=O)N2CCNC(C)C2C)cc1. The highest BCUT2D eigenvalue weighted by molar-refractivity contribution is 7.89. The third kappa shape index (κ3) is 4.32. The van der Waals surface area contributed by atoms with E-state index in [2.05, 4.69) is 10.0 Å². The third-order valence-corrected chi connectivity index (χ3v) is 5.78. The van der Waals surface area contributed by atoms with Gasteiger partial charge in [0.25, 0.3) is 5.91 Å². The maximum atomic E-state index is 12.6. The van der Waals surface area contributed by atoms with Gasteiger partial charge >= 0.3 is 0 Å². The van der Waals surface area contributed by atoms with Crippen LogP contribution in [0.25, 0.3) is 0 Å². The van der Waals surface area contributed by atoms with Gasteiger partial charge in [-0.3, -0.25) is 4.79 Å². The number of nitrogens with zero attached hydrogens (tertiary/aromatic N) is 1. The minimum absolute atomic E-state index is 0.0767. The largest absolute Gasteiger partial charge is 0.383 e. The molecule has 7 nitrogen and oxygen atoms in total. The Labute approximate surface area is 143 Å². The maximum absolute atomic E-state index is 12.6. The van der Waals surface area contributed by atoms with Crippen molar-refractivity contribution in [2.75, 3.05) is 33.4 Å². The molecule has 0 aliphatic carbocycles. The predicted molar refractivity (Wildman–Crippen MR) is 91.5 cm³/mol. The maximum Gasteiger partial charge on any atom is 0.254 e. The van der Waals surface area contributed by atoms with E-state index in [4.69, 9.17) is 4.74 Å². The summed E-state index contributed by atoms with van der Waals surface area (Å²) in [4.78, 5) is 14.6. The summed E-state index contributed by atoms with van der Waals surface area (Å²) in [6.45, 7) is 5.96. The van der Waals surface area contributed by atoms with Crippen molar-refractivity contribution in [3.8, 4) is 0 Å². The molecule has 2 N–H and O–H groups in total. The van der Waals surface area contributed by atoms with Crippen LogP contribution in [0.4, 0.5) is 0 Å². The van der Waals surface area contributed by atoms with Crippen LogP contribution in [-0.4, -0.2) is 64.7 Å². The molecule has 1 amide bonds. The monoisotopic (exact) mass is 355 g/mol. The summed E-state index contributed by atoms with van der Waals surface area (Å²) in [6, 6.07) is 6.36. The zero-order chi connectivity index (χ0) is 17.7. The summed E-state index contributed by atoms with van der Waals surface area (Å²) in [5.41, 5.74) is 0.492. The molecule has 2 rings (SSSR count). The zero-order valence-corrected chi connectivity index (χ0v) is 15.1. The molecule has 0 aromatic heterocycles. The van der Waals surface area contributed by atoms with Crippen LogP contribution in [0.1, 0.15) is 24.2 Å². The fourth-order valence-electron chi connectivity index (χ4n) is 2.65. The Morgan fingerprint density at radius 3 is 2.62 bits per heavy atom. The Balaban J connectivity index is 2.10. The van der Waals surface area contributed by atoms with Crippen LogP contribution < -0.4 is 10.0 Å². The van der Waals surface area contributed by atoms with Crippen molar-refractivity contribution in [3.05, 3.63) is 29.8 Å². The molecular weight excluding hydrogens is 330 g/mol. The van der Waals surface area contributed by atoms with Crippen LogP contribution in [0.5, 0.6) is 0 Å². The Morgan fingerprint density at radius 1 is 1.33 bits per heavy atom. The number of sulfonamides is 1. The number of benzene rings is 1. The highest BCUT2D eigenvalue weighted by Crippen LogP contribution is 2.16. The first-order valence-electron chi connectivity index (χ1n) is 8.00. The first kappa shape index (κ1) is 18.9. The number of methoxy groups -OCH3 is 1. The van der Waals surface area contributed by atoms with Gasteiger partial charge in [-0.05, 0) is 38.1 Å². The summed E-state index contributed by atoms with van der Waals surface area (Å²) in [6.07, 6.45) is 0. The molecule has 1 aliphatic heterocycles. The second kappa shape index (κ2) is 8.06. The van der Waals surface area contributed by atoms with E-state index in [-0.39, 0.29) is 29.4 Å². The van der Waals surface area contributed by atoms with Gasteiger partial charge in [0.1, 0.15) is 0 Å². The van der Waals surface area contributed by atoms with E-state index in [0.717, 1.165) is 6.54 Å². The Bertz CT molecular complexity index is 660. The summed E-state index contributed by atoms with van der Waals surface area (Å²) >= 11 is 0. The number of nitrogens with one attached hydrogen (secondary N) is 2. The zero-order valence-electron chi connectivity index (χ0n) is 14.3. The molecule has 1 heterocycles. The van der Waals surface area contributed by atoms with E-state index < -0.39 is 10.0 Å². The molecule has 8 heteroatoms. The van der Waals surface area contributed by atoms with E-state index in [9.17, 15) is 13.2 Å². The van der Waals surface area contributed by atoms with Crippen molar-refractivity contribution in [3.63, 3.8) is 0 Å².